The lowest BCUT2D eigenvalue weighted by molar-refractivity contribution is 1.34. The third-order valence-electron chi connectivity index (χ3n) is 2.27. The van der Waals surface area contributed by atoms with Gasteiger partial charge < -0.3 is 0 Å². The van der Waals surface area contributed by atoms with E-state index in [0.717, 1.165) is 5.57 Å². The van der Waals surface area contributed by atoms with Crippen LogP contribution in [0.15, 0.2) is 36.4 Å². The molecule has 14 heavy (non-hydrogen) atoms. The maximum absolute atomic E-state index is 3.89. The Morgan fingerprint density at radius 2 is 1.86 bits per heavy atom. The normalized spacial score (nSPS) is 11.6. The van der Waals surface area contributed by atoms with Crippen LogP contribution in [0.3, 0.4) is 0 Å². The molecule has 0 fully saturated rings. The lowest BCUT2D eigenvalue weighted by Gasteiger charge is -2.07. The summed E-state index contributed by atoms with van der Waals surface area (Å²) >= 11 is 0. The van der Waals surface area contributed by atoms with E-state index < -0.39 is 0 Å². The molecular weight excluding hydrogens is 168 g/mol. The summed E-state index contributed by atoms with van der Waals surface area (Å²) in [6.45, 7) is 12.3. The molecule has 0 heteroatoms. The van der Waals surface area contributed by atoms with Crippen LogP contribution in [-0.4, -0.2) is 0 Å². The second kappa shape index (κ2) is 4.28. The first-order valence-electron chi connectivity index (χ1n) is 4.92. The van der Waals surface area contributed by atoms with Crippen LogP contribution in [0.25, 0.3) is 5.57 Å². The summed E-state index contributed by atoms with van der Waals surface area (Å²) in [4.78, 5) is 0. The number of aryl methyl sites for hydroxylation is 2. The molecule has 1 rings (SSSR count). The summed E-state index contributed by atoms with van der Waals surface area (Å²) in [5.41, 5.74) is 6.35. The van der Waals surface area contributed by atoms with Gasteiger partial charge in [-0.3, -0.25) is 0 Å². The molecular formula is C14H18. The van der Waals surface area contributed by atoms with Crippen LogP contribution < -0.4 is 0 Å². The Bertz CT molecular complexity index is 381. The zero-order chi connectivity index (χ0) is 10.7. The smallest absolute Gasteiger partial charge is 0.0198 e. The molecule has 0 atom stereocenters. The molecule has 0 saturated carbocycles. The van der Waals surface area contributed by atoms with E-state index in [4.69, 9.17) is 0 Å². The van der Waals surface area contributed by atoms with Crippen molar-refractivity contribution in [3.05, 3.63) is 53.1 Å². The van der Waals surface area contributed by atoms with Crippen molar-refractivity contribution >= 4 is 5.57 Å². The van der Waals surface area contributed by atoms with E-state index in [1.807, 2.05) is 6.92 Å². The monoisotopic (exact) mass is 186 g/mol. The summed E-state index contributed by atoms with van der Waals surface area (Å²) in [5.74, 6) is 0. The Kier molecular flexibility index (Phi) is 3.29. The number of hydrogen-bond donors (Lipinski definition) is 0. The van der Waals surface area contributed by atoms with Crippen molar-refractivity contribution in [2.45, 2.75) is 27.7 Å². The van der Waals surface area contributed by atoms with E-state index in [1.54, 1.807) is 0 Å². The molecule has 0 aliphatic heterocycles. The second-order valence-electron chi connectivity index (χ2n) is 3.99. The Labute approximate surface area is 87.0 Å². The molecule has 0 heterocycles. The molecule has 0 amide bonds. The Morgan fingerprint density at radius 1 is 1.21 bits per heavy atom. The number of hydrogen-bond acceptors (Lipinski definition) is 0. The van der Waals surface area contributed by atoms with Crippen LogP contribution in [0.4, 0.5) is 0 Å². The maximum atomic E-state index is 3.89. The van der Waals surface area contributed by atoms with Crippen molar-refractivity contribution in [3.8, 4) is 0 Å². The van der Waals surface area contributed by atoms with Crippen LogP contribution in [0.5, 0.6) is 0 Å². The van der Waals surface area contributed by atoms with Gasteiger partial charge in [0.15, 0.2) is 0 Å². The van der Waals surface area contributed by atoms with Gasteiger partial charge in [0.05, 0.1) is 0 Å². The lowest BCUT2D eigenvalue weighted by atomic mass is 9.98. The summed E-state index contributed by atoms with van der Waals surface area (Å²) in [6.07, 6.45) is 2.12. The molecule has 0 aliphatic rings. The quantitative estimate of drug-likeness (QED) is 0.605. The molecule has 1 aromatic carbocycles. The maximum Gasteiger partial charge on any atom is -0.0198 e. The second-order valence-corrected chi connectivity index (χ2v) is 3.99. The van der Waals surface area contributed by atoms with Gasteiger partial charge in [0, 0.05) is 0 Å². The van der Waals surface area contributed by atoms with Crippen molar-refractivity contribution in [3.63, 3.8) is 0 Å². The third kappa shape index (κ3) is 2.59. The van der Waals surface area contributed by atoms with Gasteiger partial charge in [-0.1, -0.05) is 42.0 Å². The zero-order valence-electron chi connectivity index (χ0n) is 9.52. The largest absolute Gasteiger partial charge is 0.0961 e. The van der Waals surface area contributed by atoms with E-state index in [-0.39, 0.29) is 0 Å². The fourth-order valence-corrected chi connectivity index (χ4v) is 1.70. The van der Waals surface area contributed by atoms with Gasteiger partial charge in [0.2, 0.25) is 0 Å². The van der Waals surface area contributed by atoms with Crippen molar-refractivity contribution in [1.29, 1.82) is 0 Å². The van der Waals surface area contributed by atoms with Crippen molar-refractivity contribution in [1.82, 2.24) is 0 Å². The molecule has 0 N–H and O–H groups in total. The zero-order valence-corrected chi connectivity index (χ0v) is 9.52. The fourth-order valence-electron chi connectivity index (χ4n) is 1.70. The third-order valence-corrected chi connectivity index (χ3v) is 2.27. The molecule has 0 aliphatic carbocycles. The Balaban J connectivity index is 3.14. The van der Waals surface area contributed by atoms with Crippen molar-refractivity contribution < 1.29 is 0 Å². The molecule has 0 radical (unpaired) electrons. The highest BCUT2D eigenvalue weighted by Crippen LogP contribution is 2.20. The van der Waals surface area contributed by atoms with Gasteiger partial charge in [-0.05, 0) is 44.4 Å². The molecule has 0 saturated heterocycles. The first-order chi connectivity index (χ1) is 6.50. The Hall–Kier alpha value is -1.30. The molecule has 0 unspecified atom stereocenters. The van der Waals surface area contributed by atoms with E-state index in [1.165, 1.54) is 22.3 Å². The molecule has 1 aromatic rings. The van der Waals surface area contributed by atoms with Crippen LogP contribution in [-0.2, 0) is 0 Å². The first-order valence-corrected chi connectivity index (χ1v) is 4.92. The van der Waals surface area contributed by atoms with Crippen LogP contribution in [0.2, 0.25) is 0 Å². The van der Waals surface area contributed by atoms with E-state index in [0.29, 0.717) is 0 Å². The van der Waals surface area contributed by atoms with Crippen LogP contribution in [0, 0.1) is 13.8 Å². The van der Waals surface area contributed by atoms with Gasteiger partial charge in [-0.25, -0.2) is 0 Å². The summed E-state index contributed by atoms with van der Waals surface area (Å²) in [6, 6.07) is 6.54. The average molecular weight is 186 g/mol. The van der Waals surface area contributed by atoms with E-state index >= 15 is 0 Å². The number of allylic oxidation sites excluding steroid dienone is 3. The highest BCUT2D eigenvalue weighted by molar-refractivity contribution is 5.68. The predicted molar refractivity (Wildman–Crippen MR) is 64.4 cm³/mol. The molecule has 0 nitrogen and oxygen atoms in total. The topological polar surface area (TPSA) is 0 Å². The number of rotatable bonds is 2. The van der Waals surface area contributed by atoms with Crippen molar-refractivity contribution in [2.24, 2.45) is 0 Å². The fraction of sp³-hybridized carbons (Fsp3) is 0.286. The van der Waals surface area contributed by atoms with Gasteiger partial charge in [0.25, 0.3) is 0 Å². The minimum Gasteiger partial charge on any atom is -0.0961 e. The van der Waals surface area contributed by atoms with Crippen LogP contribution in [0.1, 0.15) is 30.5 Å². The average Bonchev–Trinajstić information content (AvgIpc) is 2.01. The van der Waals surface area contributed by atoms with Gasteiger partial charge in [0.1, 0.15) is 0 Å². The predicted octanol–water partition coefficient (Wildman–Crippen LogP) is 4.28. The molecule has 0 aromatic heterocycles. The minimum atomic E-state index is 1.10. The van der Waals surface area contributed by atoms with E-state index in [2.05, 4.69) is 51.6 Å². The highest BCUT2D eigenvalue weighted by atomic mass is 14.0. The summed E-state index contributed by atoms with van der Waals surface area (Å²) in [7, 11) is 0. The van der Waals surface area contributed by atoms with Crippen LogP contribution >= 0.6 is 0 Å². The molecule has 74 valence electrons. The summed E-state index contributed by atoms with van der Waals surface area (Å²) in [5, 5.41) is 0. The summed E-state index contributed by atoms with van der Waals surface area (Å²) < 4.78 is 0. The standard InChI is InChI=1S/C14H18/c1-10(2)8-12(4)14-7-6-11(3)9-13(14)5/h6-9H,1H2,2-5H3/b12-8-. The SMILES string of the molecule is C=C(C)/C=C(/C)c1ccc(C)cc1C. The van der Waals surface area contributed by atoms with Gasteiger partial charge >= 0.3 is 0 Å². The van der Waals surface area contributed by atoms with Gasteiger partial charge in [-0.15, -0.1) is 0 Å². The molecule has 0 spiro atoms. The van der Waals surface area contributed by atoms with Crippen molar-refractivity contribution in [2.75, 3.05) is 0 Å². The number of benzene rings is 1. The van der Waals surface area contributed by atoms with Gasteiger partial charge in [-0.2, -0.15) is 0 Å². The Morgan fingerprint density at radius 3 is 2.36 bits per heavy atom. The highest BCUT2D eigenvalue weighted by Gasteiger charge is 1.99. The minimum absolute atomic E-state index is 1.10. The molecule has 0 bridgehead atoms. The van der Waals surface area contributed by atoms with E-state index in [9.17, 15) is 0 Å². The lowest BCUT2D eigenvalue weighted by Crippen LogP contribution is -1.87. The first kappa shape index (κ1) is 10.8.